The Morgan fingerprint density at radius 1 is 1.24 bits per heavy atom. The molecule has 0 N–H and O–H groups in total. The number of hydrogen-bond acceptors (Lipinski definition) is 2. The Balaban J connectivity index is 2.84. The van der Waals surface area contributed by atoms with Crippen molar-refractivity contribution in [2.24, 2.45) is 0 Å². The summed E-state index contributed by atoms with van der Waals surface area (Å²) in [5.74, 6) is -1.23. The van der Waals surface area contributed by atoms with Crippen molar-refractivity contribution in [3.63, 3.8) is 0 Å². The molecule has 0 aliphatic rings. The Bertz CT molecular complexity index is 598. The van der Waals surface area contributed by atoms with Crippen LogP contribution >= 0.6 is 27.5 Å². The van der Waals surface area contributed by atoms with Crippen LogP contribution in [-0.2, 0) is 6.18 Å². The number of hydrogen-bond donors (Lipinski definition) is 0. The van der Waals surface area contributed by atoms with Crippen LogP contribution < -0.4 is 0 Å². The minimum atomic E-state index is -4.60. The zero-order valence-electron chi connectivity index (χ0n) is 8.44. The minimum absolute atomic E-state index is 0.196. The summed E-state index contributed by atoms with van der Waals surface area (Å²) in [6.45, 7) is 1.66. The van der Waals surface area contributed by atoms with Crippen LogP contribution in [0.3, 0.4) is 0 Å². The van der Waals surface area contributed by atoms with Gasteiger partial charge in [-0.15, -0.1) is 0 Å². The van der Waals surface area contributed by atoms with Crippen molar-refractivity contribution in [1.29, 1.82) is 0 Å². The third-order valence-corrected chi connectivity index (χ3v) is 3.41. The molecule has 1 aromatic heterocycles. The molecule has 1 aromatic carbocycles. The van der Waals surface area contributed by atoms with E-state index < -0.39 is 12.0 Å². The summed E-state index contributed by atoms with van der Waals surface area (Å²) in [6.07, 6.45) is -4.60. The molecule has 2 nitrogen and oxygen atoms in total. The topological polar surface area (TPSA) is 25.8 Å². The van der Waals surface area contributed by atoms with Crippen molar-refractivity contribution in [2.75, 3.05) is 0 Å². The maximum atomic E-state index is 12.5. The molecule has 90 valence electrons. The van der Waals surface area contributed by atoms with E-state index in [4.69, 9.17) is 11.6 Å². The number of halogens is 5. The van der Waals surface area contributed by atoms with Gasteiger partial charge in [0.05, 0.1) is 5.52 Å². The van der Waals surface area contributed by atoms with Gasteiger partial charge in [-0.25, -0.2) is 9.97 Å². The van der Waals surface area contributed by atoms with E-state index in [9.17, 15) is 13.2 Å². The van der Waals surface area contributed by atoms with E-state index in [2.05, 4.69) is 25.9 Å². The average Bonchev–Trinajstić information content (AvgIpc) is 2.22. The number of fused-ring (bicyclic) bond motifs is 1. The molecular formula is C10H5BrClF3N2. The molecule has 7 heteroatoms. The first-order valence-electron chi connectivity index (χ1n) is 4.50. The second kappa shape index (κ2) is 4.10. The summed E-state index contributed by atoms with van der Waals surface area (Å²) in [5.41, 5.74) is 0.795. The lowest BCUT2D eigenvalue weighted by molar-refractivity contribution is -0.144. The number of nitrogens with zero attached hydrogens (tertiary/aromatic N) is 2. The second-order valence-corrected chi connectivity index (χ2v) is 4.62. The molecule has 0 aliphatic carbocycles. The number of aromatic nitrogens is 2. The second-order valence-electron chi connectivity index (χ2n) is 3.40. The highest BCUT2D eigenvalue weighted by Crippen LogP contribution is 2.32. The summed E-state index contributed by atoms with van der Waals surface area (Å²) in [7, 11) is 0. The number of rotatable bonds is 0. The van der Waals surface area contributed by atoms with Gasteiger partial charge in [-0.05, 0) is 24.6 Å². The first-order chi connectivity index (χ1) is 7.80. The van der Waals surface area contributed by atoms with Crippen LogP contribution in [0.1, 0.15) is 11.4 Å². The molecule has 0 fully saturated rings. The number of benzene rings is 1. The highest BCUT2D eigenvalue weighted by atomic mass is 79.9. The van der Waals surface area contributed by atoms with Gasteiger partial charge in [0.2, 0.25) is 5.82 Å². The molecular weight excluding hydrogens is 320 g/mol. The first kappa shape index (κ1) is 12.6. The Kier molecular flexibility index (Phi) is 3.03. The van der Waals surface area contributed by atoms with Crippen LogP contribution in [0.25, 0.3) is 10.9 Å². The maximum Gasteiger partial charge on any atom is 0.451 e. The molecule has 0 unspecified atom stereocenters. The molecule has 0 amide bonds. The van der Waals surface area contributed by atoms with E-state index in [-0.39, 0.29) is 10.7 Å². The lowest BCUT2D eigenvalue weighted by atomic mass is 10.1. The van der Waals surface area contributed by atoms with E-state index in [0.29, 0.717) is 15.4 Å². The van der Waals surface area contributed by atoms with Crippen molar-refractivity contribution in [2.45, 2.75) is 13.1 Å². The van der Waals surface area contributed by atoms with Crippen LogP contribution in [0, 0.1) is 6.92 Å². The van der Waals surface area contributed by atoms with Gasteiger partial charge in [0.1, 0.15) is 5.15 Å². The van der Waals surface area contributed by atoms with Gasteiger partial charge in [0.15, 0.2) is 0 Å². The Morgan fingerprint density at radius 2 is 1.88 bits per heavy atom. The molecule has 0 spiro atoms. The van der Waals surface area contributed by atoms with Crippen molar-refractivity contribution in [3.05, 3.63) is 33.1 Å². The van der Waals surface area contributed by atoms with Crippen LogP contribution in [0.2, 0.25) is 5.15 Å². The van der Waals surface area contributed by atoms with E-state index in [1.807, 2.05) is 0 Å². The van der Waals surface area contributed by atoms with Gasteiger partial charge >= 0.3 is 6.18 Å². The van der Waals surface area contributed by atoms with Gasteiger partial charge in [0.25, 0.3) is 0 Å². The summed E-state index contributed by atoms with van der Waals surface area (Å²) in [4.78, 5) is 6.77. The predicted molar refractivity (Wildman–Crippen MR) is 62.0 cm³/mol. The first-order valence-corrected chi connectivity index (χ1v) is 5.67. The van der Waals surface area contributed by atoms with E-state index in [0.717, 1.165) is 0 Å². The fraction of sp³-hybridized carbons (Fsp3) is 0.200. The molecule has 0 atom stereocenters. The molecule has 2 rings (SSSR count). The molecule has 0 bridgehead atoms. The third kappa shape index (κ3) is 2.24. The smallest absolute Gasteiger partial charge is 0.224 e. The fourth-order valence-electron chi connectivity index (χ4n) is 1.40. The standard InChI is InChI=1S/C10H5BrClF3N2/c1-4-6(11)3-2-5-7(4)16-9(10(13,14)15)17-8(5)12/h2-3H,1H3. The molecule has 0 saturated heterocycles. The molecule has 17 heavy (non-hydrogen) atoms. The van der Waals surface area contributed by atoms with Gasteiger partial charge in [-0.2, -0.15) is 13.2 Å². The molecule has 2 aromatic rings. The summed E-state index contributed by atoms with van der Waals surface area (Å²) < 4.78 is 38.3. The zero-order chi connectivity index (χ0) is 12.8. The molecule has 0 saturated carbocycles. The summed E-state index contributed by atoms with van der Waals surface area (Å²) >= 11 is 8.96. The van der Waals surface area contributed by atoms with Gasteiger partial charge in [0, 0.05) is 9.86 Å². The van der Waals surface area contributed by atoms with Gasteiger partial charge in [-0.1, -0.05) is 27.5 Å². The Morgan fingerprint density at radius 3 is 2.47 bits per heavy atom. The number of alkyl halides is 3. The highest BCUT2D eigenvalue weighted by molar-refractivity contribution is 9.10. The van der Waals surface area contributed by atoms with Crippen molar-refractivity contribution in [3.8, 4) is 0 Å². The van der Waals surface area contributed by atoms with Crippen LogP contribution in [0.15, 0.2) is 16.6 Å². The SMILES string of the molecule is Cc1c(Br)ccc2c(Cl)nc(C(F)(F)F)nc12. The quantitative estimate of drug-likeness (QED) is 0.672. The van der Waals surface area contributed by atoms with Gasteiger partial charge < -0.3 is 0 Å². The van der Waals surface area contributed by atoms with Crippen LogP contribution in [0.5, 0.6) is 0 Å². The zero-order valence-corrected chi connectivity index (χ0v) is 10.8. The lowest BCUT2D eigenvalue weighted by Gasteiger charge is -2.09. The molecule has 0 radical (unpaired) electrons. The highest BCUT2D eigenvalue weighted by Gasteiger charge is 2.35. The van der Waals surface area contributed by atoms with E-state index in [1.54, 1.807) is 19.1 Å². The lowest BCUT2D eigenvalue weighted by Crippen LogP contribution is -2.11. The fourth-order valence-corrected chi connectivity index (χ4v) is 1.95. The van der Waals surface area contributed by atoms with Gasteiger partial charge in [-0.3, -0.25) is 0 Å². The molecule has 0 aliphatic heterocycles. The summed E-state index contributed by atoms with van der Waals surface area (Å²) in [6, 6.07) is 3.27. The third-order valence-electron chi connectivity index (χ3n) is 2.26. The van der Waals surface area contributed by atoms with Crippen LogP contribution in [0.4, 0.5) is 13.2 Å². The molecule has 1 heterocycles. The summed E-state index contributed by atoms with van der Waals surface area (Å²) in [5, 5.41) is 0.207. The van der Waals surface area contributed by atoms with E-state index >= 15 is 0 Å². The largest absolute Gasteiger partial charge is 0.451 e. The van der Waals surface area contributed by atoms with E-state index in [1.165, 1.54) is 0 Å². The van der Waals surface area contributed by atoms with Crippen LogP contribution in [-0.4, -0.2) is 9.97 Å². The average molecular weight is 326 g/mol. The Labute approximate surface area is 108 Å². The van der Waals surface area contributed by atoms with Crippen molar-refractivity contribution >= 4 is 38.4 Å². The normalized spacial score (nSPS) is 12.1. The Hall–Kier alpha value is -0.880. The maximum absolute atomic E-state index is 12.5. The monoisotopic (exact) mass is 324 g/mol. The minimum Gasteiger partial charge on any atom is -0.224 e. The van der Waals surface area contributed by atoms with Crippen molar-refractivity contribution < 1.29 is 13.2 Å². The number of aryl methyl sites for hydroxylation is 1. The predicted octanol–water partition coefficient (Wildman–Crippen LogP) is 4.37. The van der Waals surface area contributed by atoms with Crippen molar-refractivity contribution in [1.82, 2.24) is 9.97 Å².